The molecule has 1 aliphatic heterocycles. The van der Waals surface area contributed by atoms with Gasteiger partial charge in [-0.1, -0.05) is 24.6 Å². The highest BCUT2D eigenvalue weighted by atomic mass is 16.7. The molecule has 0 unspecified atom stereocenters. The first-order valence-corrected chi connectivity index (χ1v) is 9.90. The van der Waals surface area contributed by atoms with Gasteiger partial charge in [-0.15, -0.1) is 0 Å². The normalized spacial score (nSPS) is 13.6. The summed E-state index contributed by atoms with van der Waals surface area (Å²) < 4.78 is 10.8. The van der Waals surface area contributed by atoms with Crippen molar-refractivity contribution >= 4 is 16.8 Å². The monoisotopic (exact) mass is 394 g/mol. The Labute approximate surface area is 169 Å². The first-order valence-electron chi connectivity index (χ1n) is 9.90. The van der Waals surface area contributed by atoms with Crippen molar-refractivity contribution in [3.63, 3.8) is 0 Å². The van der Waals surface area contributed by atoms with Gasteiger partial charge in [0.15, 0.2) is 11.5 Å². The van der Waals surface area contributed by atoms with Crippen LogP contribution < -0.4 is 26.3 Å². The van der Waals surface area contributed by atoms with E-state index in [9.17, 15) is 4.79 Å². The summed E-state index contributed by atoms with van der Waals surface area (Å²) >= 11 is 0. The van der Waals surface area contributed by atoms with Gasteiger partial charge in [0.05, 0.1) is 0 Å². The number of ether oxygens (including phenoxy) is 2. The molecular weight excluding hydrogens is 368 g/mol. The van der Waals surface area contributed by atoms with Crippen LogP contribution in [0.3, 0.4) is 0 Å². The lowest BCUT2D eigenvalue weighted by Crippen LogP contribution is -2.37. The van der Waals surface area contributed by atoms with E-state index in [1.54, 1.807) is 0 Å². The summed E-state index contributed by atoms with van der Waals surface area (Å²) in [5, 5.41) is 3.88. The average Bonchev–Trinajstić information content (AvgIpc) is 3.37. The summed E-state index contributed by atoms with van der Waals surface area (Å²) in [5.41, 5.74) is 15.0. The standard InChI is InChI=1S/C22H26N4O3/c23-8-2-1-3-17(24)12-25-22(27)19-10-16-5-4-14(9-18(16)26-19)15-6-7-20-21(11-15)29-13-28-20/h4-7,9-11,17,26H,1-3,8,12-13,23-24H2,(H,25,27)/t17-/m1/s1. The van der Waals surface area contributed by atoms with Crippen LogP contribution in [0.4, 0.5) is 0 Å². The quantitative estimate of drug-likeness (QED) is 0.439. The number of amides is 1. The van der Waals surface area contributed by atoms with Crippen molar-refractivity contribution in [3.8, 4) is 22.6 Å². The third-order valence-electron chi connectivity index (χ3n) is 5.13. The number of unbranched alkanes of at least 4 members (excludes halogenated alkanes) is 1. The maximum absolute atomic E-state index is 12.5. The van der Waals surface area contributed by atoms with E-state index in [0.717, 1.165) is 52.8 Å². The second kappa shape index (κ2) is 8.55. The molecule has 1 atom stereocenters. The number of carbonyl (C=O) groups excluding carboxylic acids is 1. The molecule has 0 bridgehead atoms. The third-order valence-corrected chi connectivity index (χ3v) is 5.13. The van der Waals surface area contributed by atoms with Crippen LogP contribution in [0.15, 0.2) is 42.5 Å². The zero-order valence-corrected chi connectivity index (χ0v) is 16.2. The predicted molar refractivity (Wildman–Crippen MR) is 113 cm³/mol. The van der Waals surface area contributed by atoms with E-state index in [1.165, 1.54) is 0 Å². The highest BCUT2D eigenvalue weighted by molar-refractivity contribution is 5.98. The molecule has 0 spiro atoms. The van der Waals surface area contributed by atoms with Gasteiger partial charge in [0.1, 0.15) is 5.69 Å². The van der Waals surface area contributed by atoms with Gasteiger partial charge >= 0.3 is 0 Å². The Bertz CT molecular complexity index is 1010. The minimum absolute atomic E-state index is 0.0625. The van der Waals surface area contributed by atoms with Crippen LogP contribution in [0.5, 0.6) is 11.5 Å². The number of nitrogens with one attached hydrogen (secondary N) is 2. The highest BCUT2D eigenvalue weighted by Crippen LogP contribution is 2.36. The number of H-pyrrole nitrogens is 1. The number of aromatic nitrogens is 1. The Morgan fingerprint density at radius 1 is 1.07 bits per heavy atom. The van der Waals surface area contributed by atoms with E-state index >= 15 is 0 Å². The Morgan fingerprint density at radius 2 is 1.86 bits per heavy atom. The number of carbonyl (C=O) groups is 1. The molecule has 3 aromatic rings. The van der Waals surface area contributed by atoms with Crippen molar-refractivity contribution in [1.29, 1.82) is 0 Å². The fourth-order valence-corrected chi connectivity index (χ4v) is 3.48. The molecule has 2 aromatic carbocycles. The number of fused-ring (bicyclic) bond motifs is 2. The maximum atomic E-state index is 12.5. The fraction of sp³-hybridized carbons (Fsp3) is 0.318. The SMILES string of the molecule is NCCCC[C@@H](N)CNC(=O)c1cc2ccc(-c3ccc4c(c3)OCO4)cc2[nH]1. The average molecular weight is 394 g/mol. The maximum Gasteiger partial charge on any atom is 0.267 e. The lowest BCUT2D eigenvalue weighted by molar-refractivity contribution is 0.0946. The van der Waals surface area contributed by atoms with Gasteiger partial charge in [0.25, 0.3) is 5.91 Å². The summed E-state index contributed by atoms with van der Waals surface area (Å²) in [5.74, 6) is 1.35. The minimum atomic E-state index is -0.153. The molecule has 7 nitrogen and oxygen atoms in total. The van der Waals surface area contributed by atoms with Crippen molar-refractivity contribution < 1.29 is 14.3 Å². The molecule has 29 heavy (non-hydrogen) atoms. The van der Waals surface area contributed by atoms with Crippen molar-refractivity contribution in [1.82, 2.24) is 10.3 Å². The molecule has 7 heteroatoms. The molecule has 0 fully saturated rings. The summed E-state index contributed by atoms with van der Waals surface area (Å²) in [6.45, 7) is 1.37. The van der Waals surface area contributed by atoms with Gasteiger partial charge in [-0.2, -0.15) is 0 Å². The topological polar surface area (TPSA) is 115 Å². The Morgan fingerprint density at radius 3 is 2.72 bits per heavy atom. The van der Waals surface area contributed by atoms with Crippen LogP contribution >= 0.6 is 0 Å². The fourth-order valence-electron chi connectivity index (χ4n) is 3.48. The van der Waals surface area contributed by atoms with E-state index < -0.39 is 0 Å². The van der Waals surface area contributed by atoms with Crippen LogP contribution in [0.1, 0.15) is 29.8 Å². The molecule has 0 saturated carbocycles. The van der Waals surface area contributed by atoms with Crippen LogP contribution in [0.25, 0.3) is 22.0 Å². The van der Waals surface area contributed by atoms with E-state index in [4.69, 9.17) is 20.9 Å². The van der Waals surface area contributed by atoms with Gasteiger partial charge in [0, 0.05) is 23.5 Å². The number of rotatable bonds is 8. The van der Waals surface area contributed by atoms with E-state index in [0.29, 0.717) is 18.8 Å². The van der Waals surface area contributed by atoms with Crippen LogP contribution in [0, 0.1) is 0 Å². The molecule has 4 rings (SSSR count). The largest absolute Gasteiger partial charge is 0.454 e. The molecule has 2 heterocycles. The third kappa shape index (κ3) is 4.36. The zero-order valence-electron chi connectivity index (χ0n) is 16.2. The van der Waals surface area contributed by atoms with Crippen molar-refractivity contribution in [2.45, 2.75) is 25.3 Å². The first-order chi connectivity index (χ1) is 14.1. The van der Waals surface area contributed by atoms with Crippen LogP contribution in [-0.4, -0.2) is 36.8 Å². The van der Waals surface area contributed by atoms with E-state index in [2.05, 4.69) is 10.3 Å². The molecule has 0 aliphatic carbocycles. The van der Waals surface area contributed by atoms with Gasteiger partial charge in [0.2, 0.25) is 6.79 Å². The van der Waals surface area contributed by atoms with Gasteiger partial charge in [-0.3, -0.25) is 4.79 Å². The molecule has 0 radical (unpaired) electrons. The molecule has 1 aliphatic rings. The zero-order chi connectivity index (χ0) is 20.2. The molecule has 6 N–H and O–H groups in total. The number of aromatic amines is 1. The molecule has 1 aromatic heterocycles. The van der Waals surface area contributed by atoms with Crippen molar-refractivity contribution in [3.05, 3.63) is 48.2 Å². The number of hydrogen-bond acceptors (Lipinski definition) is 5. The van der Waals surface area contributed by atoms with Gasteiger partial charge in [-0.25, -0.2) is 0 Å². The Balaban J connectivity index is 1.45. The molecule has 152 valence electrons. The number of benzene rings is 2. The highest BCUT2D eigenvalue weighted by Gasteiger charge is 2.15. The summed E-state index contributed by atoms with van der Waals surface area (Å²) in [4.78, 5) is 15.7. The van der Waals surface area contributed by atoms with Crippen molar-refractivity contribution in [2.75, 3.05) is 19.9 Å². The Kier molecular flexibility index (Phi) is 5.69. The molecule has 0 saturated heterocycles. The molecular formula is C22H26N4O3. The second-order valence-electron chi connectivity index (χ2n) is 7.31. The summed E-state index contributed by atoms with van der Waals surface area (Å²) in [7, 11) is 0. The molecule has 1 amide bonds. The second-order valence-corrected chi connectivity index (χ2v) is 7.31. The van der Waals surface area contributed by atoms with E-state index in [-0.39, 0.29) is 18.7 Å². The smallest absolute Gasteiger partial charge is 0.267 e. The summed E-state index contributed by atoms with van der Waals surface area (Å²) in [6.07, 6.45) is 2.78. The Hall–Kier alpha value is -3.03. The van der Waals surface area contributed by atoms with Crippen LogP contribution in [-0.2, 0) is 0 Å². The van der Waals surface area contributed by atoms with E-state index in [1.807, 2.05) is 42.5 Å². The lowest BCUT2D eigenvalue weighted by atomic mass is 10.0. The summed E-state index contributed by atoms with van der Waals surface area (Å²) in [6, 6.07) is 13.7. The van der Waals surface area contributed by atoms with Gasteiger partial charge in [-0.05, 0) is 54.8 Å². The first kappa shape index (κ1) is 19.3. The number of nitrogens with two attached hydrogens (primary N) is 2. The van der Waals surface area contributed by atoms with Gasteiger partial charge < -0.3 is 31.2 Å². The lowest BCUT2D eigenvalue weighted by Gasteiger charge is -2.11. The van der Waals surface area contributed by atoms with Crippen molar-refractivity contribution in [2.24, 2.45) is 11.5 Å². The van der Waals surface area contributed by atoms with Crippen LogP contribution in [0.2, 0.25) is 0 Å². The number of hydrogen-bond donors (Lipinski definition) is 4. The predicted octanol–water partition coefficient (Wildman–Crippen LogP) is 2.75. The minimum Gasteiger partial charge on any atom is -0.454 e.